The average Bonchev–Trinajstić information content (AvgIpc) is 3.40. The molecule has 34 heavy (non-hydrogen) atoms. The number of ether oxygens (including phenoxy) is 2. The van der Waals surface area contributed by atoms with Crippen molar-refractivity contribution in [3.05, 3.63) is 83.2 Å². The van der Waals surface area contributed by atoms with Gasteiger partial charge in [0.25, 0.3) is 0 Å². The number of hydrogen-bond donors (Lipinski definition) is 3. The Morgan fingerprint density at radius 3 is 2.56 bits per heavy atom. The van der Waals surface area contributed by atoms with E-state index in [1.54, 1.807) is 32.7 Å². The van der Waals surface area contributed by atoms with Crippen LogP contribution >= 0.6 is 0 Å². The highest BCUT2D eigenvalue weighted by Gasteiger charge is 2.56. The molecule has 3 N–H and O–H groups in total. The average molecular weight is 461 g/mol. The Morgan fingerprint density at radius 2 is 1.82 bits per heavy atom. The molecule has 2 saturated heterocycles. The number of rotatable bonds is 6. The lowest BCUT2D eigenvalue weighted by molar-refractivity contribution is -0.131. The fraction of sp³-hybridized carbons (Fsp3) is 0.308. The molecule has 2 fully saturated rings. The summed E-state index contributed by atoms with van der Waals surface area (Å²) in [4.78, 5) is 19.8. The van der Waals surface area contributed by atoms with Gasteiger partial charge in [-0.3, -0.25) is 9.78 Å². The molecule has 1 amide bonds. The van der Waals surface area contributed by atoms with Gasteiger partial charge in [0.2, 0.25) is 5.91 Å². The number of amides is 1. The van der Waals surface area contributed by atoms with Crippen LogP contribution in [0.25, 0.3) is 0 Å². The quantitative estimate of drug-likeness (QED) is 0.520. The van der Waals surface area contributed by atoms with Gasteiger partial charge in [0.1, 0.15) is 11.8 Å². The van der Waals surface area contributed by atoms with Crippen LogP contribution in [0.2, 0.25) is 0 Å². The number of carbonyl (C=O) groups is 1. The topological polar surface area (TPSA) is 96.0 Å². The van der Waals surface area contributed by atoms with Gasteiger partial charge in [-0.15, -0.1) is 0 Å². The summed E-state index contributed by atoms with van der Waals surface area (Å²) in [7, 11) is 3.20. The van der Waals surface area contributed by atoms with E-state index in [4.69, 9.17) is 9.47 Å². The maximum Gasteiger partial charge on any atom is 0.242 e. The molecule has 0 saturated carbocycles. The standard InChI is InChI=1S/C26H28N4O4/c1-15-6-8-19(31)18(11-15)23-22-24(29-28-23)26(32)30(14-16-5-4-10-27-13-16)25(22)17-7-9-20(33-2)21(12-17)34-3/h4-13,22-25,28-29,31H,14H2,1-3H3. The second-order valence-electron chi connectivity index (χ2n) is 8.77. The Kier molecular flexibility index (Phi) is 5.85. The van der Waals surface area contributed by atoms with Gasteiger partial charge in [-0.25, -0.2) is 10.9 Å². The third-order valence-corrected chi connectivity index (χ3v) is 6.76. The Hall–Kier alpha value is -3.62. The van der Waals surface area contributed by atoms with Crippen LogP contribution in [0.5, 0.6) is 17.2 Å². The molecule has 0 aliphatic carbocycles. The maximum atomic E-state index is 13.7. The van der Waals surface area contributed by atoms with Crippen molar-refractivity contribution in [2.45, 2.75) is 31.6 Å². The zero-order chi connectivity index (χ0) is 23.8. The van der Waals surface area contributed by atoms with Crippen LogP contribution in [0, 0.1) is 12.8 Å². The van der Waals surface area contributed by atoms with Crippen molar-refractivity contribution in [1.82, 2.24) is 20.7 Å². The predicted molar refractivity (Wildman–Crippen MR) is 126 cm³/mol. The molecule has 0 bridgehead atoms. The SMILES string of the molecule is COc1ccc(C2C3C(NNC3c3cc(C)ccc3O)C(=O)N2Cc2cccnc2)cc1OC. The van der Waals surface area contributed by atoms with Crippen molar-refractivity contribution in [3.63, 3.8) is 0 Å². The molecular formula is C26H28N4O4. The van der Waals surface area contributed by atoms with Crippen LogP contribution in [0.15, 0.2) is 60.9 Å². The van der Waals surface area contributed by atoms with Crippen molar-refractivity contribution >= 4 is 5.91 Å². The molecule has 3 heterocycles. The lowest BCUT2D eigenvalue weighted by Gasteiger charge is -2.32. The van der Waals surface area contributed by atoms with E-state index in [0.29, 0.717) is 18.0 Å². The Labute approximate surface area is 198 Å². The highest BCUT2D eigenvalue weighted by molar-refractivity contribution is 5.86. The lowest BCUT2D eigenvalue weighted by Crippen LogP contribution is -2.41. The van der Waals surface area contributed by atoms with E-state index >= 15 is 0 Å². The van der Waals surface area contributed by atoms with E-state index in [-0.39, 0.29) is 29.7 Å². The number of nitrogens with zero attached hydrogens (tertiary/aromatic N) is 2. The van der Waals surface area contributed by atoms with Gasteiger partial charge >= 0.3 is 0 Å². The number of pyridine rings is 1. The van der Waals surface area contributed by atoms with E-state index in [9.17, 15) is 9.90 Å². The molecule has 0 spiro atoms. The highest BCUT2D eigenvalue weighted by Crippen LogP contribution is 2.50. The van der Waals surface area contributed by atoms with Crippen LogP contribution in [-0.4, -0.2) is 41.2 Å². The molecule has 8 heteroatoms. The number of methoxy groups -OCH3 is 2. The fourth-order valence-corrected chi connectivity index (χ4v) is 5.19. The molecule has 176 valence electrons. The van der Waals surface area contributed by atoms with Gasteiger partial charge in [0.05, 0.1) is 26.3 Å². The van der Waals surface area contributed by atoms with Gasteiger partial charge in [-0.05, 0) is 42.3 Å². The van der Waals surface area contributed by atoms with Crippen LogP contribution < -0.4 is 20.3 Å². The van der Waals surface area contributed by atoms with E-state index in [1.807, 2.05) is 54.3 Å². The van der Waals surface area contributed by atoms with Crippen LogP contribution in [-0.2, 0) is 11.3 Å². The molecule has 4 unspecified atom stereocenters. The third kappa shape index (κ3) is 3.74. The summed E-state index contributed by atoms with van der Waals surface area (Å²) in [5, 5.41) is 10.7. The van der Waals surface area contributed by atoms with Gasteiger partial charge < -0.3 is 19.5 Å². The number of benzene rings is 2. The van der Waals surface area contributed by atoms with Gasteiger partial charge in [-0.1, -0.05) is 29.8 Å². The number of aryl methyl sites for hydroxylation is 1. The summed E-state index contributed by atoms with van der Waals surface area (Å²) in [6.45, 7) is 2.41. The zero-order valence-corrected chi connectivity index (χ0v) is 19.4. The van der Waals surface area contributed by atoms with Crippen LogP contribution in [0.1, 0.15) is 34.3 Å². The zero-order valence-electron chi connectivity index (χ0n) is 19.4. The molecule has 2 aliphatic heterocycles. The summed E-state index contributed by atoms with van der Waals surface area (Å²) in [6, 6.07) is 14.2. The summed E-state index contributed by atoms with van der Waals surface area (Å²) in [5.74, 6) is 1.26. The molecule has 2 aromatic carbocycles. The minimum Gasteiger partial charge on any atom is -0.508 e. The lowest BCUT2D eigenvalue weighted by atomic mass is 9.82. The molecule has 8 nitrogen and oxygen atoms in total. The summed E-state index contributed by atoms with van der Waals surface area (Å²) >= 11 is 0. The number of aromatic hydroxyl groups is 1. The number of aromatic nitrogens is 1. The summed E-state index contributed by atoms with van der Waals surface area (Å²) < 4.78 is 11.0. The molecule has 4 atom stereocenters. The van der Waals surface area contributed by atoms with Gasteiger partial charge in [-0.2, -0.15) is 0 Å². The van der Waals surface area contributed by atoms with E-state index in [0.717, 1.165) is 22.3 Å². The predicted octanol–water partition coefficient (Wildman–Crippen LogP) is 3.03. The van der Waals surface area contributed by atoms with Crippen molar-refractivity contribution < 1.29 is 19.4 Å². The maximum absolute atomic E-state index is 13.7. The Morgan fingerprint density at radius 1 is 1.03 bits per heavy atom. The molecule has 1 aromatic heterocycles. The number of phenolic OH excluding ortho intramolecular Hbond substituents is 1. The minimum absolute atomic E-state index is 0.00391. The summed E-state index contributed by atoms with van der Waals surface area (Å²) in [6.07, 6.45) is 3.50. The van der Waals surface area contributed by atoms with Crippen molar-refractivity contribution in [1.29, 1.82) is 0 Å². The first kappa shape index (κ1) is 22.2. The number of hydrazine groups is 1. The molecule has 0 radical (unpaired) electrons. The minimum atomic E-state index is -0.445. The number of carbonyl (C=O) groups excluding carboxylic acids is 1. The normalized spacial score (nSPS) is 23.7. The van der Waals surface area contributed by atoms with Crippen molar-refractivity contribution in [2.24, 2.45) is 5.92 Å². The van der Waals surface area contributed by atoms with Crippen molar-refractivity contribution in [2.75, 3.05) is 14.2 Å². The first-order valence-electron chi connectivity index (χ1n) is 11.2. The first-order chi connectivity index (χ1) is 16.5. The van der Waals surface area contributed by atoms with Crippen molar-refractivity contribution in [3.8, 4) is 17.2 Å². The first-order valence-corrected chi connectivity index (χ1v) is 11.2. The van der Waals surface area contributed by atoms with E-state index in [1.165, 1.54) is 0 Å². The van der Waals surface area contributed by atoms with Gasteiger partial charge in [0.15, 0.2) is 11.5 Å². The Balaban J connectivity index is 1.61. The monoisotopic (exact) mass is 460 g/mol. The molecule has 2 aliphatic rings. The highest BCUT2D eigenvalue weighted by atomic mass is 16.5. The number of fused-ring (bicyclic) bond motifs is 1. The van der Waals surface area contributed by atoms with Crippen LogP contribution in [0.4, 0.5) is 0 Å². The third-order valence-electron chi connectivity index (χ3n) is 6.76. The number of nitrogens with one attached hydrogen (secondary N) is 2. The number of hydrogen-bond acceptors (Lipinski definition) is 7. The molecular weight excluding hydrogens is 432 g/mol. The fourth-order valence-electron chi connectivity index (χ4n) is 5.19. The van der Waals surface area contributed by atoms with E-state index in [2.05, 4.69) is 15.8 Å². The van der Waals surface area contributed by atoms with Crippen LogP contribution in [0.3, 0.4) is 0 Å². The number of likely N-dealkylation sites (tertiary alicyclic amines) is 1. The molecule has 5 rings (SSSR count). The number of phenols is 1. The Bertz CT molecular complexity index is 1200. The van der Waals surface area contributed by atoms with Gasteiger partial charge in [0, 0.05) is 30.4 Å². The van der Waals surface area contributed by atoms with E-state index < -0.39 is 6.04 Å². The second-order valence-corrected chi connectivity index (χ2v) is 8.77. The molecule has 3 aromatic rings. The largest absolute Gasteiger partial charge is 0.508 e. The summed E-state index contributed by atoms with van der Waals surface area (Å²) in [5.41, 5.74) is 10.2. The smallest absolute Gasteiger partial charge is 0.242 e. The second kappa shape index (κ2) is 8.96.